The molecule has 0 unspecified atom stereocenters. The molecule has 0 saturated carbocycles. The van der Waals surface area contributed by atoms with Crippen molar-refractivity contribution in [3.8, 4) is 5.75 Å². The molecule has 134 valence electrons. The van der Waals surface area contributed by atoms with Gasteiger partial charge < -0.3 is 14.4 Å². The van der Waals surface area contributed by atoms with Crippen molar-refractivity contribution in [3.05, 3.63) is 34.7 Å². The van der Waals surface area contributed by atoms with Gasteiger partial charge in [0.15, 0.2) is 5.17 Å². The fraction of sp³-hybridized carbons (Fsp3) is 0.474. The third kappa shape index (κ3) is 4.44. The summed E-state index contributed by atoms with van der Waals surface area (Å²) in [4.78, 5) is 19.4. The topological polar surface area (TPSA) is 51.1 Å². The maximum Gasteiger partial charge on any atom is 0.286 e. The monoisotopic (exact) mass is 360 g/mol. The predicted molar refractivity (Wildman–Crippen MR) is 102 cm³/mol. The van der Waals surface area contributed by atoms with E-state index in [4.69, 9.17) is 9.47 Å². The van der Waals surface area contributed by atoms with Crippen LogP contribution in [0.4, 0.5) is 0 Å². The molecular weight excluding hydrogens is 336 g/mol. The number of carbonyl (C=O) groups excluding carboxylic acids is 1. The molecule has 5 nitrogen and oxygen atoms in total. The Morgan fingerprint density at radius 1 is 1.32 bits per heavy atom. The molecule has 1 fully saturated rings. The lowest BCUT2D eigenvalue weighted by Crippen LogP contribution is -2.47. The zero-order valence-corrected chi connectivity index (χ0v) is 15.7. The van der Waals surface area contributed by atoms with Crippen molar-refractivity contribution in [2.75, 3.05) is 19.7 Å². The Labute approximate surface area is 153 Å². The number of amidine groups is 1. The zero-order valence-electron chi connectivity index (χ0n) is 14.9. The van der Waals surface area contributed by atoms with E-state index >= 15 is 0 Å². The van der Waals surface area contributed by atoms with Crippen LogP contribution < -0.4 is 4.74 Å². The van der Waals surface area contributed by atoms with Crippen LogP contribution in [0, 0.1) is 0 Å². The van der Waals surface area contributed by atoms with Gasteiger partial charge in [0, 0.05) is 18.7 Å². The van der Waals surface area contributed by atoms with Gasteiger partial charge in [-0.25, -0.2) is 0 Å². The van der Waals surface area contributed by atoms with Gasteiger partial charge in [-0.3, -0.25) is 4.79 Å². The first-order valence-electron chi connectivity index (χ1n) is 8.71. The average Bonchev–Trinajstić information content (AvgIpc) is 2.94. The molecule has 0 aliphatic carbocycles. The minimum atomic E-state index is -0.183. The van der Waals surface area contributed by atoms with Crippen LogP contribution in [0.15, 0.2) is 34.2 Å². The maximum absolute atomic E-state index is 12.3. The first-order valence-corrected chi connectivity index (χ1v) is 9.53. The Morgan fingerprint density at radius 2 is 2.04 bits per heavy atom. The van der Waals surface area contributed by atoms with Gasteiger partial charge in [-0.2, -0.15) is 4.99 Å². The Balaban J connectivity index is 1.75. The Bertz CT molecular complexity index is 692. The number of benzene rings is 1. The SMILES string of the molecule is CCCOc1ccccc1/C=C1/SC(N2C[C@@H](C)O[C@@H](C)C2)=NC1=O. The van der Waals surface area contributed by atoms with E-state index in [1.165, 1.54) is 11.8 Å². The number of hydrogen-bond acceptors (Lipinski definition) is 5. The summed E-state index contributed by atoms with van der Waals surface area (Å²) in [6.07, 6.45) is 3.10. The number of ether oxygens (including phenoxy) is 2. The summed E-state index contributed by atoms with van der Waals surface area (Å²) in [7, 11) is 0. The second kappa shape index (κ2) is 8.06. The molecular formula is C19H24N2O3S. The first-order chi connectivity index (χ1) is 12.1. The van der Waals surface area contributed by atoms with E-state index in [-0.39, 0.29) is 18.1 Å². The number of thioether (sulfide) groups is 1. The van der Waals surface area contributed by atoms with Gasteiger partial charge in [-0.1, -0.05) is 25.1 Å². The molecule has 0 N–H and O–H groups in total. The third-order valence-electron chi connectivity index (χ3n) is 3.97. The van der Waals surface area contributed by atoms with E-state index in [0.717, 1.165) is 36.0 Å². The molecule has 1 aromatic rings. The molecule has 1 amide bonds. The molecule has 2 aliphatic heterocycles. The summed E-state index contributed by atoms with van der Waals surface area (Å²) < 4.78 is 11.5. The highest BCUT2D eigenvalue weighted by molar-refractivity contribution is 8.18. The molecule has 2 aliphatic rings. The standard InChI is InChI=1S/C19H24N2O3S/c1-4-9-23-16-8-6-5-7-15(16)10-17-18(22)20-19(25-17)21-11-13(2)24-14(3)12-21/h5-8,10,13-14H,4,9,11-12H2,1-3H3/b17-10+/t13-,14+. The van der Waals surface area contributed by atoms with Gasteiger partial charge in [0.1, 0.15) is 5.75 Å². The fourth-order valence-corrected chi connectivity index (χ4v) is 3.87. The normalized spacial score (nSPS) is 25.4. The van der Waals surface area contributed by atoms with Crippen LogP contribution in [0.1, 0.15) is 32.8 Å². The Kier molecular flexibility index (Phi) is 5.81. The third-order valence-corrected chi connectivity index (χ3v) is 5.01. The minimum Gasteiger partial charge on any atom is -0.493 e. The molecule has 0 spiro atoms. The van der Waals surface area contributed by atoms with E-state index in [2.05, 4.69) is 16.8 Å². The highest BCUT2D eigenvalue weighted by Gasteiger charge is 2.31. The van der Waals surface area contributed by atoms with Crippen LogP contribution >= 0.6 is 11.8 Å². The minimum absolute atomic E-state index is 0.137. The Morgan fingerprint density at radius 3 is 2.76 bits per heavy atom. The van der Waals surface area contributed by atoms with Crippen molar-refractivity contribution >= 4 is 28.9 Å². The highest BCUT2D eigenvalue weighted by Crippen LogP contribution is 2.33. The van der Waals surface area contributed by atoms with Crippen LogP contribution in [0.2, 0.25) is 0 Å². The molecule has 0 bridgehead atoms. The summed E-state index contributed by atoms with van der Waals surface area (Å²) in [5.41, 5.74) is 0.909. The molecule has 1 saturated heterocycles. The summed E-state index contributed by atoms with van der Waals surface area (Å²) in [6, 6.07) is 7.78. The first kappa shape index (κ1) is 18.0. The van der Waals surface area contributed by atoms with Crippen LogP contribution in [0.25, 0.3) is 6.08 Å². The fourth-order valence-electron chi connectivity index (χ4n) is 2.95. The maximum atomic E-state index is 12.3. The van der Waals surface area contributed by atoms with Crippen molar-refractivity contribution in [1.82, 2.24) is 4.90 Å². The largest absolute Gasteiger partial charge is 0.493 e. The Hall–Kier alpha value is -1.79. The number of carbonyl (C=O) groups is 1. The quantitative estimate of drug-likeness (QED) is 0.769. The van der Waals surface area contributed by atoms with E-state index in [1.807, 2.05) is 44.2 Å². The predicted octanol–water partition coefficient (Wildman–Crippen LogP) is 3.55. The van der Waals surface area contributed by atoms with Crippen molar-refractivity contribution in [3.63, 3.8) is 0 Å². The van der Waals surface area contributed by atoms with Crippen LogP contribution in [-0.4, -0.2) is 47.9 Å². The lowest BCUT2D eigenvalue weighted by molar-refractivity contribution is -0.113. The summed E-state index contributed by atoms with van der Waals surface area (Å²) in [5, 5.41) is 0.769. The van der Waals surface area contributed by atoms with Gasteiger partial charge in [-0.15, -0.1) is 0 Å². The number of morpholine rings is 1. The lowest BCUT2D eigenvalue weighted by Gasteiger charge is -2.35. The number of hydrogen-bond donors (Lipinski definition) is 0. The van der Waals surface area contributed by atoms with E-state index in [1.54, 1.807) is 0 Å². The van der Waals surface area contributed by atoms with E-state index in [0.29, 0.717) is 11.5 Å². The molecule has 2 atom stereocenters. The molecule has 2 heterocycles. The van der Waals surface area contributed by atoms with Crippen molar-refractivity contribution in [2.24, 2.45) is 4.99 Å². The highest BCUT2D eigenvalue weighted by atomic mass is 32.2. The number of amides is 1. The van der Waals surface area contributed by atoms with E-state index in [9.17, 15) is 4.79 Å². The molecule has 6 heteroatoms. The molecule has 25 heavy (non-hydrogen) atoms. The van der Waals surface area contributed by atoms with Gasteiger partial charge in [-0.05, 0) is 44.2 Å². The number of nitrogens with zero attached hydrogens (tertiary/aromatic N) is 2. The van der Waals surface area contributed by atoms with Crippen molar-refractivity contribution < 1.29 is 14.3 Å². The smallest absolute Gasteiger partial charge is 0.286 e. The molecule has 0 radical (unpaired) electrons. The van der Waals surface area contributed by atoms with Gasteiger partial charge in [0.2, 0.25) is 0 Å². The van der Waals surface area contributed by atoms with Gasteiger partial charge in [0.25, 0.3) is 5.91 Å². The van der Waals surface area contributed by atoms with E-state index < -0.39 is 0 Å². The molecule has 0 aromatic heterocycles. The van der Waals surface area contributed by atoms with Crippen molar-refractivity contribution in [2.45, 2.75) is 39.4 Å². The molecule has 3 rings (SSSR count). The second-order valence-electron chi connectivity index (χ2n) is 6.36. The van der Waals surface area contributed by atoms with Gasteiger partial charge in [0.05, 0.1) is 23.7 Å². The second-order valence-corrected chi connectivity index (χ2v) is 7.37. The summed E-state index contributed by atoms with van der Waals surface area (Å²) in [5.74, 6) is 0.615. The summed E-state index contributed by atoms with van der Waals surface area (Å²) in [6.45, 7) is 8.33. The molecule has 1 aromatic carbocycles. The van der Waals surface area contributed by atoms with Crippen molar-refractivity contribution in [1.29, 1.82) is 0 Å². The summed E-state index contributed by atoms with van der Waals surface area (Å²) >= 11 is 1.43. The van der Waals surface area contributed by atoms with Gasteiger partial charge >= 0.3 is 0 Å². The van der Waals surface area contributed by atoms with Crippen LogP contribution in [0.3, 0.4) is 0 Å². The zero-order chi connectivity index (χ0) is 17.8. The van der Waals surface area contributed by atoms with Crippen LogP contribution in [-0.2, 0) is 9.53 Å². The number of para-hydroxylation sites is 1. The van der Waals surface area contributed by atoms with Crippen LogP contribution in [0.5, 0.6) is 5.75 Å². The lowest BCUT2D eigenvalue weighted by atomic mass is 10.2. The average molecular weight is 360 g/mol. The number of rotatable bonds is 4. The number of aliphatic imine (C=N–C) groups is 1.